The Kier molecular flexibility index (Phi) is 5.94. The maximum atomic E-state index is 12.8. The van der Waals surface area contributed by atoms with E-state index in [1.165, 1.54) is 7.11 Å². The Labute approximate surface area is 160 Å². The van der Waals surface area contributed by atoms with E-state index in [1.807, 2.05) is 34.6 Å². The van der Waals surface area contributed by atoms with Crippen molar-refractivity contribution in [3.63, 3.8) is 0 Å². The molecule has 0 spiro atoms. The highest BCUT2D eigenvalue weighted by Crippen LogP contribution is 2.41. The number of benzene rings is 1. The van der Waals surface area contributed by atoms with Crippen molar-refractivity contribution in [3.05, 3.63) is 24.3 Å². The summed E-state index contributed by atoms with van der Waals surface area (Å²) in [6.45, 7) is 9.53. The van der Waals surface area contributed by atoms with Crippen molar-refractivity contribution in [1.82, 2.24) is 5.01 Å². The molecule has 2 rings (SSSR count). The molecule has 1 aliphatic rings. The van der Waals surface area contributed by atoms with Gasteiger partial charge in [0.2, 0.25) is 0 Å². The molecule has 0 aromatic heterocycles. The van der Waals surface area contributed by atoms with E-state index in [0.29, 0.717) is 29.5 Å². The summed E-state index contributed by atoms with van der Waals surface area (Å²) in [6.07, 6.45) is 0.874. The summed E-state index contributed by atoms with van der Waals surface area (Å²) in [5.41, 5.74) is -1.16. The zero-order valence-corrected chi connectivity index (χ0v) is 16.9. The fourth-order valence-corrected chi connectivity index (χ4v) is 3.02. The van der Waals surface area contributed by atoms with Gasteiger partial charge < -0.3 is 15.2 Å². The van der Waals surface area contributed by atoms with Crippen molar-refractivity contribution in [2.75, 3.05) is 12.4 Å². The summed E-state index contributed by atoms with van der Waals surface area (Å²) >= 11 is 0. The van der Waals surface area contributed by atoms with E-state index < -0.39 is 23.0 Å². The summed E-state index contributed by atoms with van der Waals surface area (Å²) in [5.74, 6) is -1.02. The van der Waals surface area contributed by atoms with E-state index in [2.05, 4.69) is 10.4 Å². The Morgan fingerprint density at radius 1 is 1.33 bits per heavy atom. The Hall–Kier alpha value is -2.41. The first-order valence-corrected chi connectivity index (χ1v) is 9.07. The van der Waals surface area contributed by atoms with Crippen LogP contribution in [-0.2, 0) is 9.59 Å². The first-order chi connectivity index (χ1) is 12.5. The van der Waals surface area contributed by atoms with Crippen molar-refractivity contribution in [3.8, 4) is 5.75 Å². The SMILES string of the molecule is COc1ccccc1NC(=O)C(=O)N1N=C(CC(C)C)CC1(O)C(C)(C)C. The third-order valence-electron chi connectivity index (χ3n) is 4.63. The van der Waals surface area contributed by atoms with Crippen LogP contribution in [0.15, 0.2) is 29.4 Å². The highest BCUT2D eigenvalue weighted by molar-refractivity contribution is 6.40. The molecule has 0 aliphatic carbocycles. The number of nitrogens with zero attached hydrogens (tertiary/aromatic N) is 2. The highest BCUT2D eigenvalue weighted by Gasteiger charge is 2.53. The van der Waals surface area contributed by atoms with Gasteiger partial charge in [-0.3, -0.25) is 9.59 Å². The lowest BCUT2D eigenvalue weighted by molar-refractivity contribution is -0.183. The Balaban J connectivity index is 2.29. The molecule has 0 saturated heterocycles. The van der Waals surface area contributed by atoms with Crippen LogP contribution in [0.5, 0.6) is 5.75 Å². The van der Waals surface area contributed by atoms with E-state index >= 15 is 0 Å². The van der Waals surface area contributed by atoms with Gasteiger partial charge in [-0.05, 0) is 24.5 Å². The van der Waals surface area contributed by atoms with Crippen LogP contribution in [0, 0.1) is 11.3 Å². The number of nitrogens with one attached hydrogen (secondary N) is 1. The monoisotopic (exact) mass is 375 g/mol. The second kappa shape index (κ2) is 7.68. The maximum Gasteiger partial charge on any atom is 0.334 e. The van der Waals surface area contributed by atoms with Gasteiger partial charge in [0, 0.05) is 17.5 Å². The van der Waals surface area contributed by atoms with Gasteiger partial charge in [0.1, 0.15) is 5.75 Å². The van der Waals surface area contributed by atoms with Gasteiger partial charge in [-0.25, -0.2) is 0 Å². The van der Waals surface area contributed by atoms with Gasteiger partial charge in [-0.15, -0.1) is 0 Å². The molecule has 0 fully saturated rings. The van der Waals surface area contributed by atoms with E-state index in [0.717, 1.165) is 5.01 Å². The summed E-state index contributed by atoms with van der Waals surface area (Å²) in [6, 6.07) is 6.80. The first kappa shape index (κ1) is 20.9. The van der Waals surface area contributed by atoms with Gasteiger partial charge in [0.15, 0.2) is 5.72 Å². The second-order valence-electron chi connectivity index (χ2n) is 8.28. The molecule has 2 amide bonds. The van der Waals surface area contributed by atoms with Crippen LogP contribution in [0.2, 0.25) is 0 Å². The van der Waals surface area contributed by atoms with Crippen molar-refractivity contribution in [2.24, 2.45) is 16.4 Å². The van der Waals surface area contributed by atoms with Gasteiger partial charge in [-0.1, -0.05) is 46.8 Å². The smallest absolute Gasteiger partial charge is 0.334 e. The molecule has 0 bridgehead atoms. The highest BCUT2D eigenvalue weighted by atomic mass is 16.5. The molecule has 1 unspecified atom stereocenters. The number of carbonyl (C=O) groups is 2. The summed E-state index contributed by atoms with van der Waals surface area (Å²) in [4.78, 5) is 25.4. The quantitative estimate of drug-likeness (QED) is 0.792. The fraction of sp³-hybridized carbons (Fsp3) is 0.550. The number of ether oxygens (including phenoxy) is 1. The van der Waals surface area contributed by atoms with Crippen LogP contribution in [0.25, 0.3) is 0 Å². The third-order valence-corrected chi connectivity index (χ3v) is 4.63. The third kappa shape index (κ3) is 4.30. The summed E-state index contributed by atoms with van der Waals surface area (Å²) < 4.78 is 5.19. The van der Waals surface area contributed by atoms with Crippen molar-refractivity contribution < 1.29 is 19.4 Å². The Bertz CT molecular complexity index is 752. The van der Waals surface area contributed by atoms with E-state index in [4.69, 9.17) is 4.74 Å². The van der Waals surface area contributed by atoms with Crippen molar-refractivity contribution >= 4 is 23.2 Å². The lowest BCUT2D eigenvalue weighted by Gasteiger charge is -2.41. The number of rotatable bonds is 4. The molecule has 7 nitrogen and oxygen atoms in total. The number of hydrazone groups is 1. The number of methoxy groups -OCH3 is 1. The molecule has 0 radical (unpaired) electrons. The van der Waals surface area contributed by atoms with Gasteiger partial charge in [0.05, 0.1) is 12.8 Å². The lowest BCUT2D eigenvalue weighted by atomic mass is 9.79. The largest absolute Gasteiger partial charge is 0.495 e. The zero-order chi connectivity index (χ0) is 20.4. The number of amides is 2. The zero-order valence-electron chi connectivity index (χ0n) is 16.9. The van der Waals surface area contributed by atoms with Crippen LogP contribution < -0.4 is 10.1 Å². The Morgan fingerprint density at radius 3 is 2.52 bits per heavy atom. The number of anilines is 1. The van der Waals surface area contributed by atoms with Crippen LogP contribution in [0.4, 0.5) is 5.69 Å². The Morgan fingerprint density at radius 2 is 1.96 bits per heavy atom. The topological polar surface area (TPSA) is 91.2 Å². The van der Waals surface area contributed by atoms with Crippen LogP contribution in [0.3, 0.4) is 0 Å². The minimum Gasteiger partial charge on any atom is -0.495 e. The predicted molar refractivity (Wildman–Crippen MR) is 104 cm³/mol. The molecule has 1 atom stereocenters. The van der Waals surface area contributed by atoms with Crippen molar-refractivity contribution in [2.45, 2.75) is 53.2 Å². The molecule has 1 aromatic carbocycles. The number of hydrogen-bond donors (Lipinski definition) is 2. The average molecular weight is 375 g/mol. The lowest BCUT2D eigenvalue weighted by Crippen LogP contribution is -2.57. The van der Waals surface area contributed by atoms with E-state index in [-0.39, 0.29) is 6.42 Å². The molecule has 1 aliphatic heterocycles. The average Bonchev–Trinajstić information content (AvgIpc) is 2.91. The number of para-hydroxylation sites is 2. The molecule has 1 aromatic rings. The van der Waals surface area contributed by atoms with Crippen LogP contribution in [0.1, 0.15) is 47.5 Å². The summed E-state index contributed by atoms with van der Waals surface area (Å²) in [5, 5.41) is 19.0. The fourth-order valence-electron chi connectivity index (χ4n) is 3.02. The molecule has 27 heavy (non-hydrogen) atoms. The number of carbonyl (C=O) groups excluding carboxylic acids is 2. The normalized spacial score (nSPS) is 19.9. The minimum atomic E-state index is -1.56. The van der Waals surface area contributed by atoms with Gasteiger partial charge in [0.25, 0.3) is 0 Å². The van der Waals surface area contributed by atoms with Gasteiger partial charge >= 0.3 is 11.8 Å². The standard InChI is InChI=1S/C20H29N3O4/c1-13(2)11-14-12-20(26,19(3,4)5)23(22-14)18(25)17(24)21-15-9-7-8-10-16(15)27-6/h7-10,13,26H,11-12H2,1-6H3,(H,21,24). The maximum absolute atomic E-state index is 12.8. The van der Waals surface area contributed by atoms with Crippen LogP contribution >= 0.6 is 0 Å². The first-order valence-electron chi connectivity index (χ1n) is 9.07. The molecule has 0 saturated carbocycles. The van der Waals surface area contributed by atoms with E-state index in [1.54, 1.807) is 24.3 Å². The second-order valence-corrected chi connectivity index (χ2v) is 8.28. The van der Waals surface area contributed by atoms with E-state index in [9.17, 15) is 14.7 Å². The predicted octanol–water partition coefficient (Wildman–Crippen LogP) is 3.00. The molecular weight excluding hydrogens is 346 g/mol. The van der Waals surface area contributed by atoms with Crippen LogP contribution in [-0.4, -0.2) is 40.5 Å². The number of aliphatic hydroxyl groups is 1. The molecule has 148 valence electrons. The van der Waals surface area contributed by atoms with Crippen molar-refractivity contribution in [1.29, 1.82) is 0 Å². The summed E-state index contributed by atoms with van der Waals surface area (Å²) in [7, 11) is 1.48. The molecular formula is C20H29N3O4. The van der Waals surface area contributed by atoms with Gasteiger partial charge in [-0.2, -0.15) is 10.1 Å². The molecule has 2 N–H and O–H groups in total. The minimum absolute atomic E-state index is 0.225. The molecule has 7 heteroatoms. The number of hydrogen-bond acceptors (Lipinski definition) is 5. The molecule has 1 heterocycles.